The molecule has 2 N–H and O–H groups in total. The van der Waals surface area contributed by atoms with E-state index in [0.29, 0.717) is 17.4 Å². The highest BCUT2D eigenvalue weighted by Crippen LogP contribution is 2.23. The Morgan fingerprint density at radius 2 is 1.71 bits per heavy atom. The number of aliphatic imine (C=N–C) groups is 1. The third-order valence-corrected chi connectivity index (χ3v) is 5.12. The number of halogens is 1. The SMILES string of the molecule is CN=C(NCCS(=O)(=O)c1ccc(C(C)(C)C)cc1)NC(C)C.I. The number of rotatable bonds is 5. The summed E-state index contributed by atoms with van der Waals surface area (Å²) in [5.41, 5.74) is 1.13. The van der Waals surface area contributed by atoms with Gasteiger partial charge in [-0.3, -0.25) is 4.99 Å². The smallest absolute Gasteiger partial charge is 0.191 e. The van der Waals surface area contributed by atoms with Gasteiger partial charge in [-0.1, -0.05) is 32.9 Å². The molecule has 0 saturated carbocycles. The summed E-state index contributed by atoms with van der Waals surface area (Å²) in [6.45, 7) is 10.6. The molecule has 0 saturated heterocycles. The average molecular weight is 467 g/mol. The quantitative estimate of drug-likeness (QED) is 0.397. The van der Waals surface area contributed by atoms with Crippen molar-refractivity contribution in [2.24, 2.45) is 4.99 Å². The number of guanidine groups is 1. The van der Waals surface area contributed by atoms with E-state index in [-0.39, 0.29) is 41.2 Å². The Balaban J connectivity index is 0.00000529. The van der Waals surface area contributed by atoms with Crippen molar-refractivity contribution in [1.82, 2.24) is 10.6 Å². The molecule has 7 heteroatoms. The maximum absolute atomic E-state index is 12.4. The van der Waals surface area contributed by atoms with Gasteiger partial charge in [0.15, 0.2) is 15.8 Å². The first-order chi connectivity index (χ1) is 10.6. The first-order valence-electron chi connectivity index (χ1n) is 7.87. The molecule has 0 spiro atoms. The van der Waals surface area contributed by atoms with E-state index in [1.165, 1.54) is 0 Å². The van der Waals surface area contributed by atoms with Crippen molar-refractivity contribution in [2.45, 2.75) is 51.0 Å². The minimum Gasteiger partial charge on any atom is -0.355 e. The van der Waals surface area contributed by atoms with Gasteiger partial charge in [-0.25, -0.2) is 8.42 Å². The molecule has 24 heavy (non-hydrogen) atoms. The zero-order valence-electron chi connectivity index (χ0n) is 15.4. The predicted octanol–water partition coefficient (Wildman–Crippen LogP) is 2.95. The molecule has 0 aliphatic heterocycles. The van der Waals surface area contributed by atoms with Gasteiger partial charge in [0.1, 0.15) is 0 Å². The molecule has 0 radical (unpaired) electrons. The molecule has 0 unspecified atom stereocenters. The van der Waals surface area contributed by atoms with Crippen molar-refractivity contribution in [2.75, 3.05) is 19.3 Å². The van der Waals surface area contributed by atoms with Crippen LogP contribution in [0.5, 0.6) is 0 Å². The van der Waals surface area contributed by atoms with E-state index in [0.717, 1.165) is 5.56 Å². The highest BCUT2D eigenvalue weighted by Gasteiger charge is 2.17. The molecule has 0 aromatic heterocycles. The van der Waals surface area contributed by atoms with Crippen LogP contribution in [0.1, 0.15) is 40.2 Å². The van der Waals surface area contributed by atoms with Gasteiger partial charge >= 0.3 is 0 Å². The summed E-state index contributed by atoms with van der Waals surface area (Å²) >= 11 is 0. The lowest BCUT2D eigenvalue weighted by atomic mass is 9.87. The topological polar surface area (TPSA) is 70.6 Å². The molecule has 5 nitrogen and oxygen atoms in total. The Morgan fingerprint density at radius 1 is 1.17 bits per heavy atom. The predicted molar refractivity (Wildman–Crippen MR) is 112 cm³/mol. The fraction of sp³-hybridized carbons (Fsp3) is 0.588. The van der Waals surface area contributed by atoms with Crippen molar-refractivity contribution in [1.29, 1.82) is 0 Å². The Hall–Kier alpha value is -0.830. The van der Waals surface area contributed by atoms with Crippen LogP contribution in [0.2, 0.25) is 0 Å². The van der Waals surface area contributed by atoms with Gasteiger partial charge in [0, 0.05) is 19.6 Å². The fourth-order valence-corrected chi connectivity index (χ4v) is 3.21. The van der Waals surface area contributed by atoms with Gasteiger partial charge in [-0.15, -0.1) is 24.0 Å². The molecular formula is C17H30IN3O2S. The van der Waals surface area contributed by atoms with E-state index in [4.69, 9.17) is 0 Å². The van der Waals surface area contributed by atoms with Gasteiger partial charge in [-0.05, 0) is 37.0 Å². The Bertz CT molecular complexity index is 633. The number of nitrogens with zero attached hydrogens (tertiary/aromatic N) is 1. The van der Waals surface area contributed by atoms with Crippen molar-refractivity contribution >= 4 is 39.8 Å². The molecule has 0 amide bonds. The van der Waals surface area contributed by atoms with Gasteiger partial charge in [-0.2, -0.15) is 0 Å². The van der Waals surface area contributed by atoms with E-state index in [1.807, 2.05) is 26.0 Å². The zero-order chi connectivity index (χ0) is 17.7. The van der Waals surface area contributed by atoms with Crippen molar-refractivity contribution in [3.8, 4) is 0 Å². The highest BCUT2D eigenvalue weighted by molar-refractivity contribution is 14.0. The fourth-order valence-electron chi connectivity index (χ4n) is 2.05. The van der Waals surface area contributed by atoms with E-state index in [9.17, 15) is 8.42 Å². The van der Waals surface area contributed by atoms with Gasteiger partial charge in [0.05, 0.1) is 10.6 Å². The average Bonchev–Trinajstić information content (AvgIpc) is 2.45. The molecule has 1 rings (SSSR count). The molecule has 0 bridgehead atoms. The normalized spacial score (nSPS) is 12.7. The third kappa shape index (κ3) is 7.38. The second-order valence-electron chi connectivity index (χ2n) is 6.89. The van der Waals surface area contributed by atoms with Crippen LogP contribution in [0.4, 0.5) is 0 Å². The van der Waals surface area contributed by atoms with Crippen molar-refractivity contribution in [3.63, 3.8) is 0 Å². The first kappa shape index (κ1) is 23.2. The van der Waals surface area contributed by atoms with Crippen molar-refractivity contribution < 1.29 is 8.42 Å². The standard InChI is InChI=1S/C17H29N3O2S.HI/c1-13(2)20-16(18-6)19-11-12-23(21,22)15-9-7-14(8-10-15)17(3,4)5;/h7-10,13H,11-12H2,1-6H3,(H2,18,19,20);1H. The second-order valence-corrected chi connectivity index (χ2v) is 9.00. The molecule has 0 heterocycles. The lowest BCUT2D eigenvalue weighted by Gasteiger charge is -2.19. The minimum absolute atomic E-state index is 0. The van der Waals surface area contributed by atoms with E-state index >= 15 is 0 Å². The van der Waals surface area contributed by atoms with Gasteiger partial charge in [0.25, 0.3) is 0 Å². The van der Waals surface area contributed by atoms with Crippen LogP contribution in [0.25, 0.3) is 0 Å². The first-order valence-corrected chi connectivity index (χ1v) is 9.52. The van der Waals surface area contributed by atoms with Crippen LogP contribution < -0.4 is 10.6 Å². The summed E-state index contributed by atoms with van der Waals surface area (Å²) < 4.78 is 24.8. The summed E-state index contributed by atoms with van der Waals surface area (Å²) in [5, 5.41) is 6.15. The second kappa shape index (κ2) is 9.60. The molecule has 0 aliphatic carbocycles. The van der Waals surface area contributed by atoms with E-state index in [2.05, 4.69) is 36.4 Å². The Kier molecular flexibility index (Phi) is 9.27. The lowest BCUT2D eigenvalue weighted by molar-refractivity contribution is 0.585. The third-order valence-electron chi connectivity index (χ3n) is 3.39. The molecular weight excluding hydrogens is 437 g/mol. The Morgan fingerprint density at radius 3 is 2.12 bits per heavy atom. The van der Waals surface area contributed by atoms with Crippen LogP contribution in [0.3, 0.4) is 0 Å². The number of nitrogens with one attached hydrogen (secondary N) is 2. The minimum atomic E-state index is -3.30. The van der Waals surface area contributed by atoms with Crippen LogP contribution >= 0.6 is 24.0 Å². The number of sulfone groups is 1. The van der Waals surface area contributed by atoms with Crippen LogP contribution in [0, 0.1) is 0 Å². The van der Waals surface area contributed by atoms with Gasteiger partial charge < -0.3 is 10.6 Å². The Labute approximate surface area is 163 Å². The summed E-state index contributed by atoms with van der Waals surface area (Å²) in [7, 11) is -1.64. The molecule has 0 atom stereocenters. The molecule has 0 aliphatic rings. The summed E-state index contributed by atoms with van der Waals surface area (Å²) in [4.78, 5) is 4.42. The van der Waals surface area contributed by atoms with E-state index < -0.39 is 9.84 Å². The maximum Gasteiger partial charge on any atom is 0.191 e. The molecule has 1 aromatic rings. The molecule has 0 fully saturated rings. The van der Waals surface area contributed by atoms with Crippen LogP contribution in [0.15, 0.2) is 34.2 Å². The van der Waals surface area contributed by atoms with Crippen molar-refractivity contribution in [3.05, 3.63) is 29.8 Å². The zero-order valence-corrected chi connectivity index (χ0v) is 18.5. The summed E-state index contributed by atoms with van der Waals surface area (Å²) in [5.74, 6) is 0.638. The lowest BCUT2D eigenvalue weighted by Crippen LogP contribution is -2.42. The van der Waals surface area contributed by atoms with Crippen LogP contribution in [-0.2, 0) is 15.3 Å². The van der Waals surface area contributed by atoms with E-state index in [1.54, 1.807) is 19.2 Å². The summed E-state index contributed by atoms with van der Waals surface area (Å²) in [6.07, 6.45) is 0. The largest absolute Gasteiger partial charge is 0.355 e. The van der Waals surface area contributed by atoms with Crippen LogP contribution in [-0.4, -0.2) is 39.8 Å². The highest BCUT2D eigenvalue weighted by atomic mass is 127. The number of benzene rings is 1. The number of hydrogen-bond donors (Lipinski definition) is 2. The molecule has 138 valence electrons. The molecule has 1 aromatic carbocycles. The summed E-state index contributed by atoms with van der Waals surface area (Å²) in [6, 6.07) is 7.40. The number of hydrogen-bond acceptors (Lipinski definition) is 3. The monoisotopic (exact) mass is 467 g/mol. The van der Waals surface area contributed by atoms with Gasteiger partial charge in [0.2, 0.25) is 0 Å². The maximum atomic E-state index is 12.4.